The van der Waals surface area contributed by atoms with E-state index in [4.69, 9.17) is 4.52 Å². The number of rotatable bonds is 6. The van der Waals surface area contributed by atoms with Gasteiger partial charge in [0.2, 0.25) is 5.89 Å². The number of hydrogen-bond donors (Lipinski definition) is 0. The molecular formula is C16H21N3O3S. The molecule has 0 amide bonds. The Morgan fingerprint density at radius 3 is 2.52 bits per heavy atom. The summed E-state index contributed by atoms with van der Waals surface area (Å²) >= 11 is 0. The van der Waals surface area contributed by atoms with Crippen LogP contribution in [0.4, 0.5) is 0 Å². The summed E-state index contributed by atoms with van der Waals surface area (Å²) in [4.78, 5) is 6.87. The maximum absolute atomic E-state index is 11.5. The van der Waals surface area contributed by atoms with Crippen molar-refractivity contribution in [2.45, 2.75) is 43.2 Å². The van der Waals surface area contributed by atoms with Crippen molar-refractivity contribution < 1.29 is 12.9 Å². The minimum absolute atomic E-state index is 0.111. The van der Waals surface area contributed by atoms with Gasteiger partial charge in [-0.05, 0) is 44.5 Å². The van der Waals surface area contributed by atoms with Gasteiger partial charge in [-0.2, -0.15) is 4.98 Å². The molecule has 0 saturated heterocycles. The molecule has 1 aromatic carbocycles. The molecule has 1 fully saturated rings. The van der Waals surface area contributed by atoms with E-state index >= 15 is 0 Å². The van der Waals surface area contributed by atoms with Crippen molar-refractivity contribution in [1.29, 1.82) is 0 Å². The Morgan fingerprint density at radius 1 is 1.30 bits per heavy atom. The quantitative estimate of drug-likeness (QED) is 0.807. The molecule has 1 aliphatic rings. The first-order valence-corrected chi connectivity index (χ1v) is 9.56. The van der Waals surface area contributed by atoms with Gasteiger partial charge in [-0.25, -0.2) is 8.42 Å². The number of aromatic nitrogens is 2. The summed E-state index contributed by atoms with van der Waals surface area (Å²) in [6, 6.07) is 7.10. The summed E-state index contributed by atoms with van der Waals surface area (Å²) in [6.07, 6.45) is 3.51. The van der Waals surface area contributed by atoms with E-state index in [2.05, 4.69) is 22.0 Å². The Morgan fingerprint density at radius 2 is 1.96 bits per heavy atom. The predicted octanol–water partition coefficient (Wildman–Crippen LogP) is 2.54. The van der Waals surface area contributed by atoms with Gasteiger partial charge in [-0.1, -0.05) is 17.3 Å². The largest absolute Gasteiger partial charge is 0.338 e. The molecule has 3 rings (SSSR count). The minimum atomic E-state index is -3.16. The van der Waals surface area contributed by atoms with E-state index in [1.807, 2.05) is 19.2 Å². The summed E-state index contributed by atoms with van der Waals surface area (Å²) in [7, 11) is -1.18. The molecule has 0 spiro atoms. The van der Waals surface area contributed by atoms with Gasteiger partial charge in [0.15, 0.2) is 15.7 Å². The molecule has 2 aromatic rings. The number of benzene rings is 1. The summed E-state index contributed by atoms with van der Waals surface area (Å²) in [6.45, 7) is 2.63. The highest BCUT2D eigenvalue weighted by molar-refractivity contribution is 7.90. The van der Waals surface area contributed by atoms with Gasteiger partial charge in [-0.15, -0.1) is 0 Å². The molecule has 1 aliphatic carbocycles. The smallest absolute Gasteiger partial charge is 0.240 e. The summed E-state index contributed by atoms with van der Waals surface area (Å²) in [5.74, 6) is 1.92. The predicted molar refractivity (Wildman–Crippen MR) is 85.7 cm³/mol. The zero-order valence-corrected chi connectivity index (χ0v) is 14.4. The molecule has 1 aromatic heterocycles. The number of hydrogen-bond acceptors (Lipinski definition) is 6. The molecule has 124 valence electrons. The Bertz CT molecular complexity index is 779. The van der Waals surface area contributed by atoms with Crippen molar-refractivity contribution in [3.63, 3.8) is 0 Å². The highest BCUT2D eigenvalue weighted by atomic mass is 32.2. The molecule has 0 radical (unpaired) electrons. The fourth-order valence-corrected chi connectivity index (χ4v) is 3.07. The van der Waals surface area contributed by atoms with E-state index in [1.54, 1.807) is 12.1 Å². The zero-order chi connectivity index (χ0) is 16.6. The second-order valence-electron chi connectivity index (χ2n) is 6.25. The average Bonchev–Trinajstić information content (AvgIpc) is 3.26. The highest BCUT2D eigenvalue weighted by Crippen LogP contribution is 2.38. The maximum atomic E-state index is 11.5. The third-order valence-electron chi connectivity index (χ3n) is 4.26. The Labute approximate surface area is 136 Å². The van der Waals surface area contributed by atoms with Gasteiger partial charge in [0.05, 0.1) is 11.4 Å². The van der Waals surface area contributed by atoms with Gasteiger partial charge >= 0.3 is 0 Å². The highest BCUT2D eigenvalue weighted by Gasteiger charge is 2.29. The lowest BCUT2D eigenvalue weighted by Gasteiger charge is -2.23. The van der Waals surface area contributed by atoms with E-state index in [-0.39, 0.29) is 6.04 Å². The lowest BCUT2D eigenvalue weighted by molar-refractivity contribution is 0.216. The normalized spacial score (nSPS) is 16.7. The summed E-state index contributed by atoms with van der Waals surface area (Å²) in [5, 5.41) is 4.02. The molecule has 0 aliphatic heterocycles. The molecule has 7 heteroatoms. The number of nitrogens with zero attached hydrogens (tertiary/aromatic N) is 3. The van der Waals surface area contributed by atoms with E-state index in [0.29, 0.717) is 23.2 Å². The molecule has 1 atom stereocenters. The minimum Gasteiger partial charge on any atom is -0.338 e. The van der Waals surface area contributed by atoms with Gasteiger partial charge < -0.3 is 4.52 Å². The van der Waals surface area contributed by atoms with Gasteiger partial charge in [-0.3, -0.25) is 4.90 Å². The van der Waals surface area contributed by atoms with E-state index in [0.717, 1.165) is 24.2 Å². The first-order chi connectivity index (χ1) is 10.8. The molecular weight excluding hydrogens is 314 g/mol. The van der Waals surface area contributed by atoms with Crippen LogP contribution in [-0.4, -0.2) is 36.8 Å². The van der Waals surface area contributed by atoms with Crippen LogP contribution >= 0.6 is 0 Å². The van der Waals surface area contributed by atoms with Gasteiger partial charge in [0.1, 0.15) is 0 Å². The van der Waals surface area contributed by atoms with Crippen LogP contribution in [0.15, 0.2) is 33.7 Å². The second-order valence-corrected chi connectivity index (χ2v) is 8.27. The van der Waals surface area contributed by atoms with Crippen LogP contribution in [0.1, 0.15) is 49.0 Å². The first kappa shape index (κ1) is 16.1. The van der Waals surface area contributed by atoms with Gasteiger partial charge in [0.25, 0.3) is 0 Å². The Balaban J connectivity index is 1.67. The van der Waals surface area contributed by atoms with Crippen LogP contribution in [0.3, 0.4) is 0 Å². The van der Waals surface area contributed by atoms with Crippen LogP contribution in [0, 0.1) is 0 Å². The third kappa shape index (κ3) is 3.79. The lowest BCUT2D eigenvalue weighted by atomic mass is 10.1. The molecule has 0 N–H and O–H groups in total. The van der Waals surface area contributed by atoms with Crippen molar-refractivity contribution >= 4 is 9.84 Å². The van der Waals surface area contributed by atoms with Crippen LogP contribution < -0.4 is 0 Å². The van der Waals surface area contributed by atoms with Crippen LogP contribution in [0.25, 0.3) is 0 Å². The summed E-state index contributed by atoms with van der Waals surface area (Å²) < 4.78 is 28.3. The molecule has 1 heterocycles. The number of sulfone groups is 1. The molecule has 1 saturated carbocycles. The van der Waals surface area contributed by atoms with Crippen molar-refractivity contribution in [3.05, 3.63) is 41.5 Å². The first-order valence-electron chi connectivity index (χ1n) is 7.67. The monoisotopic (exact) mass is 335 g/mol. The maximum Gasteiger partial charge on any atom is 0.240 e. The van der Waals surface area contributed by atoms with Crippen molar-refractivity contribution in [1.82, 2.24) is 15.0 Å². The third-order valence-corrected chi connectivity index (χ3v) is 5.39. The fourth-order valence-electron chi connectivity index (χ4n) is 2.44. The second kappa shape index (κ2) is 6.05. The Hall–Kier alpha value is -1.73. The molecule has 0 bridgehead atoms. The molecule has 6 nitrogen and oxygen atoms in total. The lowest BCUT2D eigenvalue weighted by Crippen LogP contribution is -2.22. The van der Waals surface area contributed by atoms with E-state index < -0.39 is 9.84 Å². The van der Waals surface area contributed by atoms with Gasteiger partial charge in [0, 0.05) is 18.2 Å². The van der Waals surface area contributed by atoms with Crippen LogP contribution in [0.5, 0.6) is 0 Å². The fraction of sp³-hybridized carbons (Fsp3) is 0.500. The SMILES string of the molecule is C[C@H](c1ccc(S(C)(=O)=O)cc1)N(C)Cc1nc(C2CC2)no1. The topological polar surface area (TPSA) is 76.3 Å². The zero-order valence-electron chi connectivity index (χ0n) is 13.6. The molecule has 23 heavy (non-hydrogen) atoms. The molecule has 0 unspecified atom stereocenters. The van der Waals surface area contributed by atoms with Crippen molar-refractivity contribution in [2.24, 2.45) is 0 Å². The van der Waals surface area contributed by atoms with Crippen molar-refractivity contribution in [2.75, 3.05) is 13.3 Å². The standard InChI is InChI=1S/C16H21N3O3S/c1-11(12-6-8-14(9-7-12)23(3,20)21)19(2)10-15-17-16(18-22-15)13-4-5-13/h6-9,11,13H,4-5,10H2,1-3H3/t11-/m1/s1. The van der Waals surface area contributed by atoms with E-state index in [9.17, 15) is 8.42 Å². The van der Waals surface area contributed by atoms with Crippen LogP contribution in [0.2, 0.25) is 0 Å². The average molecular weight is 335 g/mol. The van der Waals surface area contributed by atoms with Crippen molar-refractivity contribution in [3.8, 4) is 0 Å². The van der Waals surface area contributed by atoms with Crippen LogP contribution in [-0.2, 0) is 16.4 Å². The Kier molecular flexibility index (Phi) is 4.25. The summed E-state index contributed by atoms with van der Waals surface area (Å²) in [5.41, 5.74) is 1.04. The van der Waals surface area contributed by atoms with E-state index in [1.165, 1.54) is 6.26 Å².